The van der Waals surface area contributed by atoms with Gasteiger partial charge in [0.2, 0.25) is 0 Å². The van der Waals surface area contributed by atoms with Crippen LogP contribution < -0.4 is 0 Å². The lowest BCUT2D eigenvalue weighted by atomic mass is 10.0. The van der Waals surface area contributed by atoms with E-state index < -0.39 is 6.10 Å². The van der Waals surface area contributed by atoms with Gasteiger partial charge in [0, 0.05) is 19.3 Å². The molecule has 0 heterocycles. The zero-order chi connectivity index (χ0) is 43.8. The number of carbonyl (C=O) groups is 3. The van der Waals surface area contributed by atoms with Gasteiger partial charge < -0.3 is 14.2 Å². The lowest BCUT2D eigenvalue weighted by Gasteiger charge is -2.18. The molecule has 60 heavy (non-hydrogen) atoms. The second kappa shape index (κ2) is 48.4. The van der Waals surface area contributed by atoms with Crippen LogP contribution in [0.15, 0.2) is 0 Å². The van der Waals surface area contributed by atoms with E-state index in [-0.39, 0.29) is 31.1 Å². The average Bonchev–Trinajstić information content (AvgIpc) is 3.23. The van der Waals surface area contributed by atoms with Gasteiger partial charge in [0.1, 0.15) is 13.2 Å². The van der Waals surface area contributed by atoms with E-state index in [0.717, 1.165) is 63.7 Å². The fourth-order valence-corrected chi connectivity index (χ4v) is 8.22. The number of carbonyl (C=O) groups excluding carboxylic acids is 3. The van der Waals surface area contributed by atoms with Crippen LogP contribution in [0.4, 0.5) is 0 Å². The highest BCUT2D eigenvalue weighted by Crippen LogP contribution is 2.17. The van der Waals surface area contributed by atoms with E-state index in [1.54, 1.807) is 0 Å². The molecule has 0 spiro atoms. The molecule has 0 unspecified atom stereocenters. The molecule has 0 fully saturated rings. The third-order valence-electron chi connectivity index (χ3n) is 12.3. The van der Waals surface area contributed by atoms with E-state index in [4.69, 9.17) is 14.2 Å². The van der Waals surface area contributed by atoms with Gasteiger partial charge in [-0.15, -0.1) is 0 Å². The molecular formula is C54H104O6. The number of esters is 3. The minimum atomic E-state index is -0.761. The zero-order valence-electron chi connectivity index (χ0n) is 40.9. The lowest BCUT2D eigenvalue weighted by Crippen LogP contribution is -2.30. The van der Waals surface area contributed by atoms with Crippen LogP contribution in [0.1, 0.15) is 304 Å². The number of hydrogen-bond acceptors (Lipinski definition) is 6. The first-order valence-corrected chi connectivity index (χ1v) is 26.9. The number of ether oxygens (including phenoxy) is 3. The van der Waals surface area contributed by atoms with Crippen molar-refractivity contribution in [3.05, 3.63) is 0 Å². The fraction of sp³-hybridized carbons (Fsp3) is 0.944. The summed E-state index contributed by atoms with van der Waals surface area (Å²) in [5.41, 5.74) is 0. The Morgan fingerprint density at radius 1 is 0.317 bits per heavy atom. The number of unbranched alkanes of at least 4 members (excludes halogenated alkanes) is 36. The van der Waals surface area contributed by atoms with Gasteiger partial charge in [-0.2, -0.15) is 0 Å². The van der Waals surface area contributed by atoms with Gasteiger partial charge >= 0.3 is 17.9 Å². The minimum Gasteiger partial charge on any atom is -0.462 e. The predicted octanol–water partition coefficient (Wildman–Crippen LogP) is 17.5. The van der Waals surface area contributed by atoms with Crippen molar-refractivity contribution >= 4 is 17.9 Å². The molecule has 0 aromatic rings. The van der Waals surface area contributed by atoms with Crippen molar-refractivity contribution in [1.82, 2.24) is 0 Å². The molecule has 0 radical (unpaired) electrons. The molecule has 6 nitrogen and oxygen atoms in total. The van der Waals surface area contributed by atoms with E-state index in [9.17, 15) is 14.4 Å². The van der Waals surface area contributed by atoms with Crippen LogP contribution in [0.2, 0.25) is 0 Å². The Morgan fingerprint density at radius 3 is 0.817 bits per heavy atom. The van der Waals surface area contributed by atoms with Crippen LogP contribution in [-0.2, 0) is 28.6 Å². The Hall–Kier alpha value is -1.59. The van der Waals surface area contributed by atoms with E-state index >= 15 is 0 Å². The van der Waals surface area contributed by atoms with Gasteiger partial charge in [-0.1, -0.05) is 265 Å². The Bertz CT molecular complexity index is 903. The summed E-state index contributed by atoms with van der Waals surface area (Å²) >= 11 is 0. The van der Waals surface area contributed by atoms with Gasteiger partial charge in [0.05, 0.1) is 0 Å². The maximum absolute atomic E-state index is 12.8. The molecule has 0 aliphatic rings. The van der Waals surface area contributed by atoms with Crippen molar-refractivity contribution in [3.63, 3.8) is 0 Å². The summed E-state index contributed by atoms with van der Waals surface area (Å²) in [4.78, 5) is 38.0. The summed E-state index contributed by atoms with van der Waals surface area (Å²) in [6, 6.07) is 0. The summed E-state index contributed by atoms with van der Waals surface area (Å²) in [5.74, 6) is -0.0227. The Balaban J connectivity index is 4.31. The topological polar surface area (TPSA) is 78.9 Å². The van der Waals surface area contributed by atoms with E-state index in [2.05, 4.69) is 27.7 Å². The summed E-state index contributed by atoms with van der Waals surface area (Å²) < 4.78 is 16.8. The summed E-state index contributed by atoms with van der Waals surface area (Å²) in [5, 5.41) is 0. The van der Waals surface area contributed by atoms with Crippen LogP contribution in [-0.4, -0.2) is 37.2 Å². The molecule has 0 aliphatic carbocycles. The third kappa shape index (κ3) is 47.5. The molecule has 0 rings (SSSR count). The molecule has 1 atom stereocenters. The molecule has 0 saturated heterocycles. The lowest BCUT2D eigenvalue weighted by molar-refractivity contribution is -0.167. The van der Waals surface area contributed by atoms with Crippen LogP contribution in [0.5, 0.6) is 0 Å². The van der Waals surface area contributed by atoms with E-state index in [1.807, 2.05) is 0 Å². The van der Waals surface area contributed by atoms with E-state index in [0.29, 0.717) is 19.3 Å². The molecule has 0 aromatic heterocycles. The van der Waals surface area contributed by atoms with Gasteiger partial charge in [0.15, 0.2) is 6.10 Å². The van der Waals surface area contributed by atoms with Gasteiger partial charge in [-0.25, -0.2) is 0 Å². The molecule has 0 amide bonds. The third-order valence-corrected chi connectivity index (χ3v) is 12.3. The van der Waals surface area contributed by atoms with Crippen LogP contribution in [0.25, 0.3) is 0 Å². The first kappa shape index (κ1) is 58.4. The molecule has 0 saturated carbocycles. The maximum Gasteiger partial charge on any atom is 0.306 e. The normalized spacial score (nSPS) is 11.9. The summed E-state index contributed by atoms with van der Waals surface area (Å²) in [6.07, 6.45) is 50.8. The Labute approximate surface area is 374 Å². The van der Waals surface area contributed by atoms with Crippen molar-refractivity contribution < 1.29 is 28.6 Å². The number of rotatable bonds is 49. The smallest absolute Gasteiger partial charge is 0.306 e. The fourth-order valence-electron chi connectivity index (χ4n) is 8.22. The van der Waals surface area contributed by atoms with Gasteiger partial charge in [0.25, 0.3) is 0 Å². The predicted molar refractivity (Wildman–Crippen MR) is 257 cm³/mol. The first-order valence-electron chi connectivity index (χ1n) is 26.9. The average molecular weight is 849 g/mol. The molecular weight excluding hydrogens is 745 g/mol. The molecule has 0 aliphatic heterocycles. The second-order valence-electron chi connectivity index (χ2n) is 19.0. The molecule has 6 heteroatoms. The molecule has 356 valence electrons. The molecule has 0 bridgehead atoms. The summed E-state index contributed by atoms with van der Waals surface area (Å²) in [7, 11) is 0. The van der Waals surface area contributed by atoms with Crippen LogP contribution in [0, 0.1) is 5.92 Å². The van der Waals surface area contributed by atoms with Gasteiger partial charge in [-0.05, 0) is 25.2 Å². The standard InChI is InChI=1S/C54H104O6/c1-5-7-9-11-13-15-17-19-21-23-24-29-33-37-41-45-52(55)58-48-51(49-59-53(56)46-42-38-34-30-27-26-28-32-36-40-44-50(3)4)60-54(57)47-43-39-35-31-25-22-20-18-16-14-12-10-8-6-2/h50-51H,5-49H2,1-4H3/t51-/m0/s1. The van der Waals surface area contributed by atoms with Gasteiger partial charge in [-0.3, -0.25) is 14.4 Å². The van der Waals surface area contributed by atoms with Crippen molar-refractivity contribution in [2.45, 2.75) is 310 Å². The highest BCUT2D eigenvalue weighted by molar-refractivity contribution is 5.71. The second-order valence-corrected chi connectivity index (χ2v) is 19.0. The Kier molecular flexibility index (Phi) is 47.2. The first-order chi connectivity index (χ1) is 29.4. The highest BCUT2D eigenvalue weighted by atomic mass is 16.6. The van der Waals surface area contributed by atoms with Crippen molar-refractivity contribution in [2.75, 3.05) is 13.2 Å². The summed E-state index contributed by atoms with van der Waals surface area (Å²) in [6.45, 7) is 9.03. The SMILES string of the molecule is CCCCCCCCCCCCCCCCCC(=O)OC[C@@H](COC(=O)CCCCCCCCCCCCC(C)C)OC(=O)CCCCCCCCCCCCCCCC. The van der Waals surface area contributed by atoms with E-state index in [1.165, 1.54) is 199 Å². The van der Waals surface area contributed by atoms with Crippen molar-refractivity contribution in [3.8, 4) is 0 Å². The largest absolute Gasteiger partial charge is 0.462 e. The maximum atomic E-state index is 12.8. The monoisotopic (exact) mass is 849 g/mol. The highest BCUT2D eigenvalue weighted by Gasteiger charge is 2.19. The van der Waals surface area contributed by atoms with Crippen molar-refractivity contribution in [1.29, 1.82) is 0 Å². The minimum absolute atomic E-state index is 0.0624. The Morgan fingerprint density at radius 2 is 0.550 bits per heavy atom. The zero-order valence-corrected chi connectivity index (χ0v) is 40.9. The molecule has 0 N–H and O–H groups in total. The molecule has 0 aromatic carbocycles. The number of hydrogen-bond donors (Lipinski definition) is 0. The quantitative estimate of drug-likeness (QED) is 0.0345. The van der Waals surface area contributed by atoms with Crippen LogP contribution >= 0.6 is 0 Å². The van der Waals surface area contributed by atoms with Crippen molar-refractivity contribution in [2.24, 2.45) is 5.92 Å². The van der Waals surface area contributed by atoms with Crippen LogP contribution in [0.3, 0.4) is 0 Å².